The molecule has 0 radical (unpaired) electrons. The summed E-state index contributed by atoms with van der Waals surface area (Å²) in [4.78, 5) is 29.5. The summed E-state index contributed by atoms with van der Waals surface area (Å²) in [5.74, 6) is 0.0970. The molecule has 0 saturated heterocycles. The van der Waals surface area contributed by atoms with E-state index in [2.05, 4.69) is 5.32 Å². The van der Waals surface area contributed by atoms with E-state index in [4.69, 9.17) is 9.47 Å². The van der Waals surface area contributed by atoms with Crippen molar-refractivity contribution < 1.29 is 27.5 Å². The van der Waals surface area contributed by atoms with Crippen molar-refractivity contribution in [3.63, 3.8) is 0 Å². The summed E-state index contributed by atoms with van der Waals surface area (Å²) < 4.78 is 38.2. The van der Waals surface area contributed by atoms with Crippen LogP contribution in [0.25, 0.3) is 0 Å². The van der Waals surface area contributed by atoms with Gasteiger partial charge in [0.2, 0.25) is 21.8 Å². The Balaban J connectivity index is 2.10. The van der Waals surface area contributed by atoms with Gasteiger partial charge in [0, 0.05) is 19.0 Å². The summed E-state index contributed by atoms with van der Waals surface area (Å²) in [5, 5.41) is 3.03. The number of benzene rings is 3. The number of hydrogen-bond acceptors (Lipinski definition) is 6. The second-order valence-electron chi connectivity index (χ2n) is 10.1. The van der Waals surface area contributed by atoms with Gasteiger partial charge in [-0.05, 0) is 55.7 Å². The molecule has 226 valence electrons. The normalized spacial score (nSPS) is 12.6. The standard InChI is InChI=1S/C32H41N3O6S/c1-6-24(3)33-32(37)29(21-25-14-9-8-10-15-25)34(22-26-16-13-17-27(20-26)40-4)31(36)23-35(42(5,38)39)28-18-11-12-19-30(28)41-7-2/h8-20,24,29H,6-7,21-23H2,1-5H3,(H,33,37)/t24-,29+/m1/s1. The lowest BCUT2D eigenvalue weighted by atomic mass is 10.0. The minimum absolute atomic E-state index is 0.0617. The van der Waals surface area contributed by atoms with Crippen LogP contribution in [0.2, 0.25) is 0 Å². The van der Waals surface area contributed by atoms with Gasteiger partial charge in [-0.2, -0.15) is 0 Å². The van der Waals surface area contributed by atoms with Gasteiger partial charge in [-0.1, -0.05) is 61.5 Å². The Bertz CT molecular complexity index is 1430. The van der Waals surface area contributed by atoms with Gasteiger partial charge in [0.05, 0.1) is 25.7 Å². The van der Waals surface area contributed by atoms with E-state index in [1.165, 1.54) is 4.90 Å². The van der Waals surface area contributed by atoms with E-state index in [0.717, 1.165) is 21.7 Å². The molecule has 0 fully saturated rings. The maximum absolute atomic E-state index is 14.3. The zero-order valence-electron chi connectivity index (χ0n) is 24.9. The second-order valence-corrected chi connectivity index (χ2v) is 12.0. The average molecular weight is 596 g/mol. The lowest BCUT2D eigenvalue weighted by molar-refractivity contribution is -0.140. The molecule has 3 aromatic carbocycles. The fraction of sp³-hybridized carbons (Fsp3) is 0.375. The molecule has 2 amide bonds. The molecule has 3 rings (SSSR count). The summed E-state index contributed by atoms with van der Waals surface area (Å²) in [5.41, 5.74) is 1.85. The Labute approximate surface area is 249 Å². The van der Waals surface area contributed by atoms with Gasteiger partial charge in [0.15, 0.2) is 0 Å². The smallest absolute Gasteiger partial charge is 0.244 e. The number of carbonyl (C=O) groups is 2. The molecule has 0 unspecified atom stereocenters. The fourth-order valence-corrected chi connectivity index (χ4v) is 5.35. The number of hydrogen-bond donors (Lipinski definition) is 1. The first-order chi connectivity index (χ1) is 20.1. The molecule has 0 aliphatic carbocycles. The molecular formula is C32H41N3O6S. The molecule has 0 bridgehead atoms. The molecule has 0 aliphatic heterocycles. The van der Waals surface area contributed by atoms with Gasteiger partial charge in [-0.25, -0.2) is 8.42 Å². The van der Waals surface area contributed by atoms with Gasteiger partial charge in [0.1, 0.15) is 24.1 Å². The third-order valence-electron chi connectivity index (χ3n) is 6.87. The van der Waals surface area contributed by atoms with E-state index in [1.807, 2.05) is 56.3 Å². The first-order valence-electron chi connectivity index (χ1n) is 14.0. The molecule has 9 nitrogen and oxygen atoms in total. The van der Waals surface area contributed by atoms with Crippen molar-refractivity contribution in [2.45, 2.75) is 52.2 Å². The minimum atomic E-state index is -3.91. The summed E-state index contributed by atoms with van der Waals surface area (Å²) in [6, 6.07) is 22.3. The topological polar surface area (TPSA) is 105 Å². The van der Waals surface area contributed by atoms with Gasteiger partial charge >= 0.3 is 0 Å². The summed E-state index contributed by atoms with van der Waals surface area (Å²) in [7, 11) is -2.36. The lowest BCUT2D eigenvalue weighted by Crippen LogP contribution is -2.54. The molecular weight excluding hydrogens is 554 g/mol. The van der Waals surface area contributed by atoms with Gasteiger partial charge in [-0.3, -0.25) is 13.9 Å². The van der Waals surface area contributed by atoms with Gasteiger partial charge in [-0.15, -0.1) is 0 Å². The highest BCUT2D eigenvalue weighted by atomic mass is 32.2. The zero-order valence-corrected chi connectivity index (χ0v) is 25.8. The molecule has 0 spiro atoms. The van der Waals surface area contributed by atoms with E-state index < -0.39 is 28.5 Å². The van der Waals surface area contributed by atoms with Crippen molar-refractivity contribution in [2.75, 3.05) is 30.8 Å². The quantitative estimate of drug-likeness (QED) is 0.279. The average Bonchev–Trinajstić information content (AvgIpc) is 2.98. The Hall–Kier alpha value is -4.05. The fourth-order valence-electron chi connectivity index (χ4n) is 4.50. The van der Waals surface area contributed by atoms with Crippen LogP contribution in [0.1, 0.15) is 38.3 Å². The Kier molecular flexibility index (Phi) is 11.8. The van der Waals surface area contributed by atoms with Crippen molar-refractivity contribution in [2.24, 2.45) is 0 Å². The Morgan fingerprint density at radius 1 is 0.929 bits per heavy atom. The molecule has 10 heteroatoms. The van der Waals surface area contributed by atoms with E-state index in [0.29, 0.717) is 24.5 Å². The van der Waals surface area contributed by atoms with Crippen molar-refractivity contribution in [1.82, 2.24) is 10.2 Å². The van der Waals surface area contributed by atoms with E-state index in [-0.39, 0.29) is 30.6 Å². The maximum atomic E-state index is 14.3. The number of para-hydroxylation sites is 2. The monoisotopic (exact) mass is 595 g/mol. The van der Waals surface area contributed by atoms with Gasteiger partial charge < -0.3 is 19.7 Å². The highest BCUT2D eigenvalue weighted by Crippen LogP contribution is 2.30. The number of rotatable bonds is 15. The van der Waals surface area contributed by atoms with Crippen LogP contribution >= 0.6 is 0 Å². The summed E-state index contributed by atoms with van der Waals surface area (Å²) >= 11 is 0. The summed E-state index contributed by atoms with van der Waals surface area (Å²) in [6.45, 7) is 5.53. The Morgan fingerprint density at radius 3 is 2.24 bits per heavy atom. The largest absolute Gasteiger partial charge is 0.497 e. The van der Waals surface area contributed by atoms with Crippen LogP contribution in [0.5, 0.6) is 11.5 Å². The van der Waals surface area contributed by atoms with Crippen LogP contribution in [-0.2, 0) is 32.6 Å². The van der Waals surface area contributed by atoms with Crippen LogP contribution in [0.3, 0.4) is 0 Å². The van der Waals surface area contributed by atoms with E-state index in [9.17, 15) is 18.0 Å². The first-order valence-corrected chi connectivity index (χ1v) is 15.9. The number of amides is 2. The van der Waals surface area contributed by atoms with Crippen molar-refractivity contribution >= 4 is 27.5 Å². The number of nitrogens with one attached hydrogen (secondary N) is 1. The number of sulfonamides is 1. The van der Waals surface area contributed by atoms with Crippen LogP contribution in [-0.4, -0.2) is 63.7 Å². The predicted octanol–water partition coefficient (Wildman–Crippen LogP) is 4.41. The number of anilines is 1. The molecule has 2 atom stereocenters. The molecule has 1 N–H and O–H groups in total. The predicted molar refractivity (Wildman–Crippen MR) is 165 cm³/mol. The van der Waals surface area contributed by atoms with Crippen molar-refractivity contribution in [1.29, 1.82) is 0 Å². The third kappa shape index (κ3) is 8.97. The number of nitrogens with zero attached hydrogens (tertiary/aromatic N) is 2. The van der Waals surface area contributed by atoms with Crippen LogP contribution in [0, 0.1) is 0 Å². The molecule has 42 heavy (non-hydrogen) atoms. The number of ether oxygens (including phenoxy) is 2. The molecule has 0 aliphatic rings. The van der Waals surface area contributed by atoms with E-state index >= 15 is 0 Å². The lowest BCUT2D eigenvalue weighted by Gasteiger charge is -2.34. The molecule has 3 aromatic rings. The Morgan fingerprint density at radius 2 is 1.60 bits per heavy atom. The highest BCUT2D eigenvalue weighted by Gasteiger charge is 2.34. The zero-order chi connectivity index (χ0) is 30.7. The van der Waals surface area contributed by atoms with E-state index in [1.54, 1.807) is 50.4 Å². The SMILES string of the molecule is CCOc1ccccc1N(CC(=O)N(Cc1cccc(OC)c1)[C@@H](Cc1ccccc1)C(=O)N[C@H](C)CC)S(C)(=O)=O. The summed E-state index contributed by atoms with van der Waals surface area (Å²) in [6.07, 6.45) is 2.00. The first kappa shape index (κ1) is 32.5. The van der Waals surface area contributed by atoms with Crippen LogP contribution in [0.4, 0.5) is 5.69 Å². The molecule has 0 heterocycles. The maximum Gasteiger partial charge on any atom is 0.244 e. The number of carbonyl (C=O) groups excluding carboxylic acids is 2. The second kappa shape index (κ2) is 15.3. The van der Waals surface area contributed by atoms with Crippen molar-refractivity contribution in [3.05, 3.63) is 90.0 Å². The molecule has 0 aromatic heterocycles. The van der Waals surface area contributed by atoms with Crippen LogP contribution < -0.4 is 19.1 Å². The van der Waals surface area contributed by atoms with Gasteiger partial charge in [0.25, 0.3) is 0 Å². The minimum Gasteiger partial charge on any atom is -0.497 e. The molecule has 0 saturated carbocycles. The third-order valence-corrected chi connectivity index (χ3v) is 8.00. The highest BCUT2D eigenvalue weighted by molar-refractivity contribution is 7.92. The number of methoxy groups -OCH3 is 1. The van der Waals surface area contributed by atoms with Crippen molar-refractivity contribution in [3.8, 4) is 11.5 Å². The van der Waals surface area contributed by atoms with Crippen LogP contribution in [0.15, 0.2) is 78.9 Å².